The lowest BCUT2D eigenvalue weighted by atomic mass is 10.2. The summed E-state index contributed by atoms with van der Waals surface area (Å²) in [5.74, 6) is 0.485. The van der Waals surface area contributed by atoms with Gasteiger partial charge in [0, 0.05) is 17.8 Å². The van der Waals surface area contributed by atoms with Crippen LogP contribution in [0.4, 0.5) is 5.69 Å². The van der Waals surface area contributed by atoms with Crippen molar-refractivity contribution in [2.24, 2.45) is 5.73 Å². The summed E-state index contributed by atoms with van der Waals surface area (Å²) in [4.78, 5) is 23.2. The summed E-state index contributed by atoms with van der Waals surface area (Å²) >= 11 is 0. The third-order valence-corrected chi connectivity index (χ3v) is 3.13. The molecule has 2 aromatic rings. The Morgan fingerprint density at radius 3 is 2.86 bits per heavy atom. The highest BCUT2D eigenvalue weighted by Crippen LogP contribution is 2.34. The molecule has 0 bridgehead atoms. The van der Waals surface area contributed by atoms with Gasteiger partial charge in [0.1, 0.15) is 5.56 Å². The molecule has 2 amide bonds. The van der Waals surface area contributed by atoms with Gasteiger partial charge < -0.3 is 20.5 Å². The SMILES string of the molecule is NC(=O)c1ccc[n+](CC(=O)Nc2ccc3c(c2)OCO3)c1. The molecule has 0 spiro atoms. The second kappa shape index (κ2) is 5.72. The zero-order chi connectivity index (χ0) is 15.5. The summed E-state index contributed by atoms with van der Waals surface area (Å²) in [6, 6.07) is 8.42. The molecule has 0 saturated heterocycles. The van der Waals surface area contributed by atoms with Crippen molar-refractivity contribution in [2.75, 3.05) is 12.1 Å². The number of carbonyl (C=O) groups excluding carboxylic acids is 2. The van der Waals surface area contributed by atoms with Gasteiger partial charge in [0.25, 0.3) is 11.8 Å². The maximum atomic E-state index is 12.0. The Balaban J connectivity index is 1.67. The van der Waals surface area contributed by atoms with Crippen molar-refractivity contribution in [2.45, 2.75) is 6.54 Å². The van der Waals surface area contributed by atoms with Gasteiger partial charge in [-0.15, -0.1) is 0 Å². The van der Waals surface area contributed by atoms with Gasteiger partial charge in [0.2, 0.25) is 13.3 Å². The minimum absolute atomic E-state index is 0.0650. The molecule has 0 unspecified atom stereocenters. The predicted molar refractivity (Wildman–Crippen MR) is 76.3 cm³/mol. The maximum Gasteiger partial charge on any atom is 0.290 e. The highest BCUT2D eigenvalue weighted by Gasteiger charge is 2.16. The van der Waals surface area contributed by atoms with Crippen molar-refractivity contribution in [3.8, 4) is 11.5 Å². The van der Waals surface area contributed by atoms with Crippen molar-refractivity contribution in [1.82, 2.24) is 0 Å². The summed E-state index contributed by atoms with van der Waals surface area (Å²) in [6.07, 6.45) is 3.22. The minimum Gasteiger partial charge on any atom is -0.454 e. The van der Waals surface area contributed by atoms with Gasteiger partial charge in [0.15, 0.2) is 23.9 Å². The van der Waals surface area contributed by atoms with Gasteiger partial charge in [-0.3, -0.25) is 9.59 Å². The molecule has 1 aliphatic rings. The Kier molecular flexibility index (Phi) is 3.61. The zero-order valence-electron chi connectivity index (χ0n) is 11.6. The summed E-state index contributed by atoms with van der Waals surface area (Å²) < 4.78 is 12.0. The molecule has 22 heavy (non-hydrogen) atoms. The van der Waals surface area contributed by atoms with E-state index in [9.17, 15) is 9.59 Å². The standard InChI is InChI=1S/C15H13N3O4/c16-15(20)10-2-1-5-18(7-10)8-14(19)17-11-3-4-12-13(6-11)22-9-21-12/h1-7H,8-9H2,(H2-,16,17,19,20)/p+1. The summed E-state index contributed by atoms with van der Waals surface area (Å²) in [7, 11) is 0. The Morgan fingerprint density at radius 2 is 2.05 bits per heavy atom. The number of benzene rings is 1. The number of nitrogens with two attached hydrogens (primary N) is 1. The number of nitrogens with one attached hydrogen (secondary N) is 1. The second-order valence-electron chi connectivity index (χ2n) is 4.75. The summed E-state index contributed by atoms with van der Waals surface area (Å²) in [5, 5.41) is 2.76. The normalized spacial score (nSPS) is 12.0. The van der Waals surface area contributed by atoms with Gasteiger partial charge in [-0.1, -0.05) is 0 Å². The molecule has 112 valence electrons. The fraction of sp³-hybridized carbons (Fsp3) is 0.133. The number of hydrogen-bond donors (Lipinski definition) is 2. The molecule has 1 aromatic carbocycles. The predicted octanol–water partition coefficient (Wildman–Crippen LogP) is 0.440. The van der Waals surface area contributed by atoms with Crippen LogP contribution >= 0.6 is 0 Å². The summed E-state index contributed by atoms with van der Waals surface area (Å²) in [6.45, 7) is 0.248. The van der Waals surface area contributed by atoms with Crippen LogP contribution in [0.5, 0.6) is 11.5 Å². The van der Waals surface area contributed by atoms with E-state index in [1.165, 1.54) is 6.20 Å². The first-order valence-corrected chi connectivity index (χ1v) is 6.60. The van der Waals surface area contributed by atoms with Crippen LogP contribution < -0.4 is 25.1 Å². The van der Waals surface area contributed by atoms with Crippen molar-refractivity contribution >= 4 is 17.5 Å². The molecule has 0 fully saturated rings. The average Bonchev–Trinajstić information content (AvgIpc) is 2.95. The lowest BCUT2D eigenvalue weighted by molar-refractivity contribution is -0.684. The van der Waals surface area contributed by atoms with E-state index in [4.69, 9.17) is 15.2 Å². The number of carbonyl (C=O) groups is 2. The Bertz CT molecular complexity index is 745. The molecule has 0 saturated carbocycles. The minimum atomic E-state index is -0.537. The van der Waals surface area contributed by atoms with E-state index in [0.29, 0.717) is 22.7 Å². The van der Waals surface area contributed by atoms with Crippen molar-refractivity contribution in [3.63, 3.8) is 0 Å². The highest BCUT2D eigenvalue weighted by atomic mass is 16.7. The van der Waals surface area contributed by atoms with Gasteiger partial charge >= 0.3 is 0 Å². The average molecular weight is 300 g/mol. The van der Waals surface area contributed by atoms with Gasteiger partial charge in [-0.25, -0.2) is 0 Å². The van der Waals surface area contributed by atoms with Crippen molar-refractivity contribution in [3.05, 3.63) is 48.3 Å². The van der Waals surface area contributed by atoms with Gasteiger partial charge in [-0.05, 0) is 18.2 Å². The number of primary amides is 1. The largest absolute Gasteiger partial charge is 0.454 e. The molecule has 7 heteroatoms. The quantitative estimate of drug-likeness (QED) is 0.801. The molecule has 1 aromatic heterocycles. The lowest BCUT2D eigenvalue weighted by Crippen LogP contribution is -2.40. The third-order valence-electron chi connectivity index (χ3n) is 3.13. The van der Waals surface area contributed by atoms with Gasteiger partial charge in [0.05, 0.1) is 0 Å². The summed E-state index contributed by atoms with van der Waals surface area (Å²) in [5.41, 5.74) is 6.17. The van der Waals surface area contributed by atoms with Crippen LogP contribution in [-0.2, 0) is 11.3 Å². The van der Waals surface area contributed by atoms with E-state index >= 15 is 0 Å². The number of pyridine rings is 1. The van der Waals surface area contributed by atoms with E-state index in [1.807, 2.05) is 0 Å². The van der Waals surface area contributed by atoms with Crippen LogP contribution in [0.3, 0.4) is 0 Å². The molecular formula is C15H14N3O4+. The maximum absolute atomic E-state index is 12.0. The number of ether oxygens (including phenoxy) is 2. The monoisotopic (exact) mass is 300 g/mol. The fourth-order valence-corrected chi connectivity index (χ4v) is 2.11. The van der Waals surface area contributed by atoms with E-state index in [1.54, 1.807) is 41.1 Å². The first kappa shape index (κ1) is 13.9. The second-order valence-corrected chi connectivity index (χ2v) is 4.75. The van der Waals surface area contributed by atoms with Crippen LogP contribution in [0, 0.1) is 0 Å². The lowest BCUT2D eigenvalue weighted by Gasteiger charge is -2.04. The van der Waals surface area contributed by atoms with Crippen LogP contribution in [0.2, 0.25) is 0 Å². The number of aromatic nitrogens is 1. The Labute approximate surface area is 126 Å². The molecule has 3 N–H and O–H groups in total. The van der Waals surface area contributed by atoms with Crippen LogP contribution in [0.25, 0.3) is 0 Å². The fourth-order valence-electron chi connectivity index (χ4n) is 2.11. The number of hydrogen-bond acceptors (Lipinski definition) is 4. The Hall–Kier alpha value is -3.09. The smallest absolute Gasteiger partial charge is 0.290 e. The number of nitrogens with zero attached hydrogens (tertiary/aromatic N) is 1. The molecule has 7 nitrogen and oxygen atoms in total. The highest BCUT2D eigenvalue weighted by molar-refractivity contribution is 5.92. The van der Waals surface area contributed by atoms with Crippen molar-refractivity contribution in [1.29, 1.82) is 0 Å². The number of rotatable bonds is 4. The van der Waals surface area contributed by atoms with Crippen LogP contribution in [0.1, 0.15) is 10.4 Å². The van der Waals surface area contributed by atoms with E-state index in [0.717, 1.165) is 0 Å². The molecule has 0 aliphatic carbocycles. The van der Waals surface area contributed by atoms with Gasteiger partial charge in [-0.2, -0.15) is 4.57 Å². The van der Waals surface area contributed by atoms with Crippen LogP contribution in [-0.4, -0.2) is 18.6 Å². The van der Waals surface area contributed by atoms with E-state index in [2.05, 4.69) is 5.32 Å². The van der Waals surface area contributed by atoms with E-state index in [-0.39, 0.29) is 19.2 Å². The molecule has 0 atom stereocenters. The molecule has 3 rings (SSSR count). The molecule has 0 radical (unpaired) electrons. The van der Waals surface area contributed by atoms with Crippen LogP contribution in [0.15, 0.2) is 42.7 Å². The first-order chi connectivity index (χ1) is 10.6. The van der Waals surface area contributed by atoms with E-state index < -0.39 is 5.91 Å². The number of amides is 2. The first-order valence-electron chi connectivity index (χ1n) is 6.60. The third kappa shape index (κ3) is 2.98. The Morgan fingerprint density at radius 1 is 1.23 bits per heavy atom. The number of fused-ring (bicyclic) bond motifs is 1. The topological polar surface area (TPSA) is 94.5 Å². The van der Waals surface area contributed by atoms with Crippen molar-refractivity contribution < 1.29 is 23.6 Å². The zero-order valence-corrected chi connectivity index (χ0v) is 11.6. The molecule has 2 heterocycles. The molecule has 1 aliphatic heterocycles. The molecular weight excluding hydrogens is 286 g/mol. The number of anilines is 1.